The highest BCUT2D eigenvalue weighted by Gasteiger charge is 2.19. The molecule has 1 aliphatic rings. The van der Waals surface area contributed by atoms with Gasteiger partial charge in [0.05, 0.1) is 31.1 Å². The number of methoxy groups -OCH3 is 2. The molecule has 0 aliphatic carbocycles. The van der Waals surface area contributed by atoms with E-state index in [0.29, 0.717) is 46.0 Å². The lowest BCUT2D eigenvalue weighted by Gasteiger charge is -2.15. The van der Waals surface area contributed by atoms with Crippen molar-refractivity contribution in [1.29, 1.82) is 0 Å². The largest absolute Gasteiger partial charge is 0.493 e. The van der Waals surface area contributed by atoms with Crippen molar-refractivity contribution in [2.75, 3.05) is 26.7 Å². The summed E-state index contributed by atoms with van der Waals surface area (Å²) in [7, 11) is 3.08. The lowest BCUT2D eigenvalue weighted by atomic mass is 10.0. The van der Waals surface area contributed by atoms with Crippen molar-refractivity contribution in [3.63, 3.8) is 0 Å². The first-order valence-electron chi connectivity index (χ1n) is 7.85. The Hall–Kier alpha value is -2.93. The maximum atomic E-state index is 6.33. The molecule has 0 radical (unpaired) electrons. The molecule has 8 heteroatoms. The number of fused-ring (bicyclic) bond motifs is 2. The summed E-state index contributed by atoms with van der Waals surface area (Å²) in [5.74, 6) is 2.36. The number of nitrogen functional groups attached to an aromatic ring is 1. The summed E-state index contributed by atoms with van der Waals surface area (Å²) < 4.78 is 21.5. The van der Waals surface area contributed by atoms with Gasteiger partial charge in [0.2, 0.25) is 12.1 Å². The summed E-state index contributed by atoms with van der Waals surface area (Å²) >= 11 is 6.13. The van der Waals surface area contributed by atoms with Crippen LogP contribution in [0.1, 0.15) is 11.3 Å². The van der Waals surface area contributed by atoms with E-state index in [2.05, 4.69) is 9.97 Å². The van der Waals surface area contributed by atoms with Crippen LogP contribution in [0.5, 0.6) is 23.0 Å². The smallest absolute Gasteiger partial charge is 0.231 e. The third-order valence-electron chi connectivity index (χ3n) is 4.22. The number of anilines is 1. The van der Waals surface area contributed by atoms with Crippen LogP contribution in [0.2, 0.25) is 5.28 Å². The van der Waals surface area contributed by atoms with E-state index in [9.17, 15) is 0 Å². The fraction of sp³-hybridized carbons (Fsp3) is 0.222. The quantitative estimate of drug-likeness (QED) is 0.554. The lowest BCUT2D eigenvalue weighted by Crippen LogP contribution is -2.03. The summed E-state index contributed by atoms with van der Waals surface area (Å²) in [4.78, 5) is 8.66. The lowest BCUT2D eigenvalue weighted by molar-refractivity contribution is 0.174. The maximum absolute atomic E-state index is 6.33. The average Bonchev–Trinajstić information content (AvgIpc) is 3.08. The molecule has 0 unspecified atom stereocenters. The van der Waals surface area contributed by atoms with Crippen molar-refractivity contribution in [3.8, 4) is 23.0 Å². The van der Waals surface area contributed by atoms with Crippen molar-refractivity contribution in [2.45, 2.75) is 6.42 Å². The van der Waals surface area contributed by atoms with Gasteiger partial charge in [0.1, 0.15) is 0 Å². The van der Waals surface area contributed by atoms with Gasteiger partial charge in [-0.3, -0.25) is 0 Å². The first-order chi connectivity index (χ1) is 12.6. The number of aromatic nitrogens is 2. The normalized spacial score (nSPS) is 12.4. The maximum Gasteiger partial charge on any atom is 0.231 e. The summed E-state index contributed by atoms with van der Waals surface area (Å²) in [6.45, 7) is 0.227. The minimum Gasteiger partial charge on any atom is -0.493 e. The minimum atomic E-state index is 0.139. The fourth-order valence-corrected chi connectivity index (χ4v) is 3.26. The zero-order chi connectivity index (χ0) is 18.3. The van der Waals surface area contributed by atoms with E-state index < -0.39 is 0 Å². The van der Waals surface area contributed by atoms with Gasteiger partial charge in [-0.15, -0.1) is 0 Å². The molecule has 0 saturated carbocycles. The van der Waals surface area contributed by atoms with Gasteiger partial charge in [-0.1, -0.05) is 6.07 Å². The average molecular weight is 374 g/mol. The number of ether oxygens (including phenoxy) is 4. The fourth-order valence-electron chi connectivity index (χ4n) is 3.06. The molecule has 0 saturated heterocycles. The van der Waals surface area contributed by atoms with E-state index in [0.717, 1.165) is 11.3 Å². The van der Waals surface area contributed by atoms with Crippen LogP contribution >= 0.6 is 11.6 Å². The van der Waals surface area contributed by atoms with Crippen LogP contribution in [0.3, 0.4) is 0 Å². The second-order valence-electron chi connectivity index (χ2n) is 5.72. The Morgan fingerprint density at radius 2 is 1.92 bits per heavy atom. The summed E-state index contributed by atoms with van der Waals surface area (Å²) in [6, 6.07) is 7.48. The van der Waals surface area contributed by atoms with Crippen LogP contribution in [0.4, 0.5) is 5.69 Å². The minimum absolute atomic E-state index is 0.139. The predicted molar refractivity (Wildman–Crippen MR) is 97.4 cm³/mol. The second-order valence-corrected chi connectivity index (χ2v) is 6.06. The molecule has 7 nitrogen and oxygen atoms in total. The predicted octanol–water partition coefficient (Wildman–Crippen LogP) is 3.20. The molecule has 134 valence electrons. The summed E-state index contributed by atoms with van der Waals surface area (Å²) in [5, 5.41) is 0.824. The first-order valence-corrected chi connectivity index (χ1v) is 8.23. The topological polar surface area (TPSA) is 88.7 Å². The SMILES string of the molecule is COc1cc2nc(Cl)nc(Cc3ccc4c(c3)OCO4)c2c(N)c1OC. The van der Waals surface area contributed by atoms with Gasteiger partial charge in [-0.2, -0.15) is 0 Å². The van der Waals surface area contributed by atoms with Gasteiger partial charge in [0.15, 0.2) is 23.0 Å². The molecule has 1 aliphatic heterocycles. The molecule has 4 rings (SSSR count). The van der Waals surface area contributed by atoms with Gasteiger partial charge in [0, 0.05) is 17.9 Å². The zero-order valence-corrected chi connectivity index (χ0v) is 15.0. The van der Waals surface area contributed by atoms with Crippen LogP contribution in [0, 0.1) is 0 Å². The molecule has 0 atom stereocenters. The van der Waals surface area contributed by atoms with E-state index in [1.54, 1.807) is 13.2 Å². The van der Waals surface area contributed by atoms with E-state index in [1.807, 2.05) is 18.2 Å². The van der Waals surface area contributed by atoms with Gasteiger partial charge < -0.3 is 24.7 Å². The number of rotatable bonds is 4. The van der Waals surface area contributed by atoms with E-state index >= 15 is 0 Å². The van der Waals surface area contributed by atoms with Crippen LogP contribution in [-0.2, 0) is 6.42 Å². The van der Waals surface area contributed by atoms with E-state index in [4.69, 9.17) is 36.3 Å². The number of nitrogens with zero attached hydrogens (tertiary/aromatic N) is 2. The van der Waals surface area contributed by atoms with Gasteiger partial charge >= 0.3 is 0 Å². The molecule has 2 N–H and O–H groups in total. The van der Waals surface area contributed by atoms with Gasteiger partial charge in [-0.25, -0.2) is 9.97 Å². The Bertz CT molecular complexity index is 1010. The summed E-state index contributed by atoms with van der Waals surface area (Å²) in [5.41, 5.74) is 9.01. The third kappa shape index (κ3) is 2.70. The van der Waals surface area contributed by atoms with Gasteiger partial charge in [0.25, 0.3) is 0 Å². The van der Waals surface area contributed by atoms with E-state index in [1.165, 1.54) is 7.11 Å². The number of halogens is 1. The molecule has 3 aromatic rings. The zero-order valence-electron chi connectivity index (χ0n) is 14.2. The highest BCUT2D eigenvalue weighted by atomic mass is 35.5. The molecular formula is C18H16ClN3O4. The Kier molecular flexibility index (Phi) is 4.08. The Morgan fingerprint density at radius 1 is 1.12 bits per heavy atom. The number of nitrogens with two attached hydrogens (primary N) is 1. The molecule has 0 bridgehead atoms. The van der Waals surface area contributed by atoms with Crippen molar-refractivity contribution in [3.05, 3.63) is 40.8 Å². The van der Waals surface area contributed by atoms with Crippen LogP contribution in [0.25, 0.3) is 10.9 Å². The standard InChI is InChI=1S/C18H16ClN3O4/c1-23-14-7-11-15(16(20)17(14)24-2)10(21-18(19)22-11)5-9-3-4-12-13(6-9)26-8-25-12/h3-4,6-7H,5,8,20H2,1-2H3. The molecule has 0 amide bonds. The molecule has 26 heavy (non-hydrogen) atoms. The number of hydrogen-bond donors (Lipinski definition) is 1. The highest BCUT2D eigenvalue weighted by Crippen LogP contribution is 2.41. The Morgan fingerprint density at radius 3 is 2.69 bits per heavy atom. The highest BCUT2D eigenvalue weighted by molar-refractivity contribution is 6.28. The number of hydrogen-bond acceptors (Lipinski definition) is 7. The molecular weight excluding hydrogens is 358 g/mol. The monoisotopic (exact) mass is 373 g/mol. The second kappa shape index (κ2) is 6.42. The van der Waals surface area contributed by atoms with Crippen molar-refractivity contribution >= 4 is 28.2 Å². The van der Waals surface area contributed by atoms with Crippen molar-refractivity contribution < 1.29 is 18.9 Å². The molecule has 0 fully saturated rings. The number of benzene rings is 2. The third-order valence-corrected chi connectivity index (χ3v) is 4.39. The molecule has 2 heterocycles. The summed E-state index contributed by atoms with van der Waals surface area (Å²) in [6.07, 6.45) is 0.495. The van der Waals surface area contributed by atoms with Crippen molar-refractivity contribution in [1.82, 2.24) is 9.97 Å². The van der Waals surface area contributed by atoms with Crippen LogP contribution in [0.15, 0.2) is 24.3 Å². The Labute approximate surface area is 154 Å². The van der Waals surface area contributed by atoms with Crippen LogP contribution < -0.4 is 24.7 Å². The van der Waals surface area contributed by atoms with Gasteiger partial charge in [-0.05, 0) is 29.3 Å². The molecule has 2 aromatic carbocycles. The van der Waals surface area contributed by atoms with Crippen molar-refractivity contribution in [2.24, 2.45) is 0 Å². The van der Waals surface area contributed by atoms with E-state index in [-0.39, 0.29) is 12.1 Å². The first kappa shape index (κ1) is 16.5. The molecule has 1 aromatic heterocycles. The van der Waals surface area contributed by atoms with Crippen LogP contribution in [-0.4, -0.2) is 31.0 Å². The molecule has 0 spiro atoms. The Balaban J connectivity index is 1.86.